The standard InChI is InChI=1S/C10H15NO2/c12-5-10-6-13-8-2-1-7(9(8)10)3-4-11-10/h3,8-9,11-12H,1-2,4-6H2/t8-,9+,10+/m1/s1. The van der Waals surface area contributed by atoms with Gasteiger partial charge in [0.2, 0.25) is 0 Å². The molecule has 72 valence electrons. The summed E-state index contributed by atoms with van der Waals surface area (Å²) in [4.78, 5) is 0. The van der Waals surface area contributed by atoms with Crippen LogP contribution in [-0.2, 0) is 4.74 Å². The van der Waals surface area contributed by atoms with Crippen molar-refractivity contribution in [2.75, 3.05) is 19.8 Å². The molecule has 2 aliphatic heterocycles. The van der Waals surface area contributed by atoms with Crippen molar-refractivity contribution >= 4 is 0 Å². The van der Waals surface area contributed by atoms with Gasteiger partial charge < -0.3 is 15.2 Å². The molecule has 2 N–H and O–H groups in total. The second-order valence-corrected chi connectivity index (χ2v) is 4.34. The van der Waals surface area contributed by atoms with E-state index >= 15 is 0 Å². The quantitative estimate of drug-likeness (QED) is 0.562. The summed E-state index contributed by atoms with van der Waals surface area (Å²) in [7, 11) is 0. The molecule has 0 aromatic carbocycles. The Labute approximate surface area is 77.8 Å². The molecule has 2 heterocycles. The molecule has 3 aliphatic rings. The van der Waals surface area contributed by atoms with Crippen LogP contribution in [0.3, 0.4) is 0 Å². The summed E-state index contributed by atoms with van der Waals surface area (Å²) in [5, 5.41) is 12.8. The second kappa shape index (κ2) is 2.56. The Kier molecular flexibility index (Phi) is 1.57. The minimum Gasteiger partial charge on any atom is -0.394 e. The number of aliphatic hydroxyl groups excluding tert-OH is 1. The van der Waals surface area contributed by atoms with Gasteiger partial charge in [-0.05, 0) is 12.8 Å². The Morgan fingerprint density at radius 3 is 3.46 bits per heavy atom. The smallest absolute Gasteiger partial charge is 0.0744 e. The average molecular weight is 181 g/mol. The summed E-state index contributed by atoms with van der Waals surface area (Å²) in [6.07, 6.45) is 4.94. The summed E-state index contributed by atoms with van der Waals surface area (Å²) in [6, 6.07) is 0. The van der Waals surface area contributed by atoms with Gasteiger partial charge in [-0.25, -0.2) is 0 Å². The van der Waals surface area contributed by atoms with Crippen LogP contribution in [0.5, 0.6) is 0 Å². The summed E-state index contributed by atoms with van der Waals surface area (Å²) >= 11 is 0. The third-order valence-electron chi connectivity index (χ3n) is 3.74. The SMILES string of the molecule is OC[C@@]12CO[C@@H]3CCC(=CCN1)[C@@H]32. The topological polar surface area (TPSA) is 41.5 Å². The van der Waals surface area contributed by atoms with E-state index in [4.69, 9.17) is 4.74 Å². The molecule has 0 radical (unpaired) electrons. The summed E-state index contributed by atoms with van der Waals surface area (Å²) in [6.45, 7) is 1.77. The van der Waals surface area contributed by atoms with Crippen molar-refractivity contribution in [3.8, 4) is 0 Å². The highest BCUT2D eigenvalue weighted by atomic mass is 16.5. The van der Waals surface area contributed by atoms with Crippen LogP contribution >= 0.6 is 0 Å². The lowest BCUT2D eigenvalue weighted by Gasteiger charge is -2.36. The Morgan fingerprint density at radius 2 is 2.62 bits per heavy atom. The monoisotopic (exact) mass is 181 g/mol. The van der Waals surface area contributed by atoms with Gasteiger partial charge in [-0.2, -0.15) is 0 Å². The van der Waals surface area contributed by atoms with Crippen molar-refractivity contribution in [3.05, 3.63) is 11.6 Å². The molecule has 0 aromatic rings. The maximum atomic E-state index is 9.45. The summed E-state index contributed by atoms with van der Waals surface area (Å²) < 4.78 is 5.72. The molecule has 13 heavy (non-hydrogen) atoms. The van der Waals surface area contributed by atoms with E-state index in [9.17, 15) is 5.11 Å². The van der Waals surface area contributed by atoms with E-state index < -0.39 is 0 Å². The van der Waals surface area contributed by atoms with Crippen molar-refractivity contribution in [2.45, 2.75) is 24.5 Å². The highest BCUT2D eigenvalue weighted by Crippen LogP contribution is 2.46. The molecule has 1 aliphatic carbocycles. The summed E-state index contributed by atoms with van der Waals surface area (Å²) in [5.74, 6) is 0.450. The van der Waals surface area contributed by atoms with Gasteiger partial charge in [0.1, 0.15) is 0 Å². The average Bonchev–Trinajstić information content (AvgIpc) is 2.74. The maximum Gasteiger partial charge on any atom is 0.0744 e. The lowest BCUT2D eigenvalue weighted by atomic mass is 9.80. The van der Waals surface area contributed by atoms with Crippen molar-refractivity contribution in [2.24, 2.45) is 5.92 Å². The first kappa shape index (κ1) is 7.97. The van der Waals surface area contributed by atoms with Crippen LogP contribution in [0.1, 0.15) is 12.8 Å². The molecule has 3 heteroatoms. The molecule has 3 nitrogen and oxygen atoms in total. The molecule has 0 unspecified atom stereocenters. The molecule has 1 saturated carbocycles. The Hall–Kier alpha value is -0.380. The molecule has 2 fully saturated rings. The normalized spacial score (nSPS) is 47.6. The molecule has 0 amide bonds. The third kappa shape index (κ3) is 0.897. The van der Waals surface area contributed by atoms with Gasteiger partial charge >= 0.3 is 0 Å². The second-order valence-electron chi connectivity index (χ2n) is 4.34. The van der Waals surface area contributed by atoms with Gasteiger partial charge in [0, 0.05) is 12.5 Å². The van der Waals surface area contributed by atoms with Crippen LogP contribution in [0.4, 0.5) is 0 Å². The van der Waals surface area contributed by atoms with E-state index in [1.165, 1.54) is 12.0 Å². The zero-order chi connectivity index (χ0) is 8.89. The largest absolute Gasteiger partial charge is 0.394 e. The number of nitrogens with one attached hydrogen (secondary N) is 1. The number of rotatable bonds is 1. The van der Waals surface area contributed by atoms with Crippen LogP contribution in [0.15, 0.2) is 11.6 Å². The van der Waals surface area contributed by atoms with E-state index in [0.717, 1.165) is 13.0 Å². The zero-order valence-corrected chi connectivity index (χ0v) is 7.62. The van der Waals surface area contributed by atoms with Crippen LogP contribution in [0.2, 0.25) is 0 Å². The first-order chi connectivity index (χ1) is 6.36. The number of aliphatic hydroxyl groups is 1. The fourth-order valence-corrected chi connectivity index (χ4v) is 3.08. The van der Waals surface area contributed by atoms with Crippen molar-refractivity contribution in [1.82, 2.24) is 5.32 Å². The molecular weight excluding hydrogens is 166 g/mol. The predicted molar refractivity (Wildman–Crippen MR) is 48.4 cm³/mol. The van der Waals surface area contributed by atoms with E-state index in [1.807, 2.05) is 0 Å². The van der Waals surface area contributed by atoms with Crippen LogP contribution in [0, 0.1) is 5.92 Å². The maximum absolute atomic E-state index is 9.45. The first-order valence-electron chi connectivity index (χ1n) is 5.02. The van der Waals surface area contributed by atoms with E-state index in [2.05, 4.69) is 11.4 Å². The lowest BCUT2D eigenvalue weighted by Crippen LogP contribution is -2.56. The molecule has 3 atom stereocenters. The highest BCUT2D eigenvalue weighted by Gasteiger charge is 2.54. The molecular formula is C10H15NO2. The number of hydrogen-bond donors (Lipinski definition) is 2. The van der Waals surface area contributed by atoms with Gasteiger partial charge in [-0.3, -0.25) is 0 Å². The predicted octanol–water partition coefficient (Wildman–Crippen LogP) is 0.0559. The molecule has 0 bridgehead atoms. The molecule has 0 aromatic heterocycles. The fraction of sp³-hybridized carbons (Fsp3) is 0.800. The van der Waals surface area contributed by atoms with Crippen molar-refractivity contribution in [1.29, 1.82) is 0 Å². The minimum atomic E-state index is -0.148. The molecule has 0 spiro atoms. The molecule has 1 saturated heterocycles. The minimum absolute atomic E-state index is 0.148. The van der Waals surface area contributed by atoms with Crippen LogP contribution < -0.4 is 5.32 Å². The Balaban J connectivity index is 2.02. The molecule has 3 rings (SSSR count). The number of ether oxygens (including phenoxy) is 1. The van der Waals surface area contributed by atoms with Crippen molar-refractivity contribution in [3.63, 3.8) is 0 Å². The zero-order valence-electron chi connectivity index (χ0n) is 7.62. The van der Waals surface area contributed by atoms with E-state index in [-0.39, 0.29) is 12.1 Å². The van der Waals surface area contributed by atoms with Gasteiger partial charge in [0.15, 0.2) is 0 Å². The van der Waals surface area contributed by atoms with Crippen molar-refractivity contribution < 1.29 is 9.84 Å². The van der Waals surface area contributed by atoms with E-state index in [0.29, 0.717) is 18.6 Å². The van der Waals surface area contributed by atoms with Crippen LogP contribution in [-0.4, -0.2) is 36.5 Å². The van der Waals surface area contributed by atoms with Crippen LogP contribution in [0.25, 0.3) is 0 Å². The lowest BCUT2D eigenvalue weighted by molar-refractivity contribution is 0.0857. The third-order valence-corrected chi connectivity index (χ3v) is 3.74. The van der Waals surface area contributed by atoms with E-state index in [1.54, 1.807) is 0 Å². The fourth-order valence-electron chi connectivity index (χ4n) is 3.08. The number of hydrogen-bond acceptors (Lipinski definition) is 3. The van der Waals surface area contributed by atoms with Gasteiger partial charge in [0.25, 0.3) is 0 Å². The highest BCUT2D eigenvalue weighted by molar-refractivity contribution is 5.28. The Bertz CT molecular complexity index is 264. The summed E-state index contributed by atoms with van der Waals surface area (Å²) in [5.41, 5.74) is 1.36. The first-order valence-corrected chi connectivity index (χ1v) is 5.02. The van der Waals surface area contributed by atoms with Gasteiger partial charge in [-0.15, -0.1) is 0 Å². The van der Waals surface area contributed by atoms with Gasteiger partial charge in [0.05, 0.1) is 24.9 Å². The Morgan fingerprint density at radius 1 is 1.69 bits per heavy atom. The van der Waals surface area contributed by atoms with Gasteiger partial charge in [-0.1, -0.05) is 11.6 Å².